The van der Waals surface area contributed by atoms with Crippen molar-refractivity contribution in [1.82, 2.24) is 0 Å². The van der Waals surface area contributed by atoms with Crippen LogP contribution in [0.25, 0.3) is 20.9 Å². The van der Waals surface area contributed by atoms with Crippen LogP contribution in [-0.4, -0.2) is 20.1 Å². The van der Waals surface area contributed by atoms with Crippen molar-refractivity contribution >= 4 is 8.32 Å². The van der Waals surface area contributed by atoms with Gasteiger partial charge in [-0.1, -0.05) is 65.6 Å². The molecule has 0 spiro atoms. The van der Waals surface area contributed by atoms with E-state index in [0.29, 0.717) is 23.0 Å². The minimum Gasteiger partial charge on any atom is -0.404 e. The third kappa shape index (κ3) is 3.96. The molecule has 0 radical (unpaired) electrons. The van der Waals surface area contributed by atoms with Crippen molar-refractivity contribution in [1.29, 1.82) is 0 Å². The minimum absolute atomic E-state index is 0.352. The van der Waals surface area contributed by atoms with Crippen LogP contribution >= 0.6 is 0 Å². The maximum Gasteiger partial charge on any atom is 0.201 e. The molecule has 0 rings (SSSR count). The van der Waals surface area contributed by atoms with Crippen LogP contribution in [0.2, 0.25) is 16.6 Å². The van der Waals surface area contributed by atoms with E-state index in [2.05, 4.69) is 61.6 Å². The van der Waals surface area contributed by atoms with Gasteiger partial charge in [-0.3, -0.25) is 0 Å². The van der Waals surface area contributed by atoms with Crippen LogP contribution in [0, 0.1) is 0 Å². The molecular weight excluding hydrogens is 296 g/mol. The molecule has 2 atom stereocenters. The van der Waals surface area contributed by atoms with Crippen LogP contribution in [0.1, 0.15) is 61.8 Å². The quantitative estimate of drug-likeness (QED) is 0.211. The van der Waals surface area contributed by atoms with Gasteiger partial charge in [0.1, 0.15) is 5.72 Å². The lowest BCUT2D eigenvalue weighted by Gasteiger charge is -2.49. The highest BCUT2D eigenvalue weighted by molar-refractivity contribution is 6.77. The Morgan fingerprint density at radius 3 is 1.68 bits per heavy atom. The third-order valence-electron chi connectivity index (χ3n) is 4.66. The summed E-state index contributed by atoms with van der Waals surface area (Å²) in [5.41, 5.74) is 17.7. The minimum atomic E-state index is -2.26. The van der Waals surface area contributed by atoms with E-state index in [-0.39, 0.29) is 0 Å². The monoisotopic (exact) mass is 326 g/mol. The fourth-order valence-corrected chi connectivity index (χ4v) is 9.21. The molecule has 0 N–H and O–H groups in total. The van der Waals surface area contributed by atoms with Crippen LogP contribution < -0.4 is 0 Å². The van der Waals surface area contributed by atoms with E-state index in [4.69, 9.17) is 15.5 Å². The zero-order valence-corrected chi connectivity index (χ0v) is 16.1. The predicted molar refractivity (Wildman–Crippen MR) is 92.9 cm³/mol. The summed E-state index contributed by atoms with van der Waals surface area (Å²) in [5.74, 6) is 0. The first kappa shape index (κ1) is 20.8. The van der Waals surface area contributed by atoms with Crippen LogP contribution in [0.3, 0.4) is 0 Å². The van der Waals surface area contributed by atoms with E-state index >= 15 is 0 Å². The van der Waals surface area contributed by atoms with Gasteiger partial charge in [0.25, 0.3) is 0 Å². The molecule has 0 heterocycles. The van der Waals surface area contributed by atoms with Gasteiger partial charge in [-0.25, -0.2) is 0 Å². The van der Waals surface area contributed by atoms with Gasteiger partial charge in [0.15, 0.2) is 0 Å². The molecule has 0 bridgehead atoms. The molecule has 0 saturated carbocycles. The van der Waals surface area contributed by atoms with Crippen LogP contribution in [0.5, 0.6) is 0 Å². The fourth-order valence-electron chi connectivity index (χ4n) is 3.53. The topological polar surface area (TPSA) is 107 Å². The third-order valence-corrected chi connectivity index (χ3v) is 10.8. The van der Waals surface area contributed by atoms with Crippen molar-refractivity contribution in [2.45, 2.75) is 90.2 Å². The Hall–Kier alpha value is -1.20. The van der Waals surface area contributed by atoms with Crippen molar-refractivity contribution in [3.8, 4) is 0 Å². The van der Waals surface area contributed by atoms with Crippen LogP contribution in [0.15, 0.2) is 10.2 Å². The summed E-state index contributed by atoms with van der Waals surface area (Å²) in [6, 6.07) is -0.554. The zero-order chi connectivity index (χ0) is 17.6. The number of azide groups is 2. The Morgan fingerprint density at radius 2 is 1.41 bits per heavy atom. The van der Waals surface area contributed by atoms with Gasteiger partial charge in [0, 0.05) is 9.82 Å². The second-order valence-electron chi connectivity index (χ2n) is 6.69. The smallest absolute Gasteiger partial charge is 0.201 e. The lowest BCUT2D eigenvalue weighted by molar-refractivity contribution is 0.0308. The van der Waals surface area contributed by atoms with Gasteiger partial charge in [-0.15, -0.1) is 0 Å². The van der Waals surface area contributed by atoms with Gasteiger partial charge in [-0.2, -0.15) is 0 Å². The first-order valence-electron chi connectivity index (χ1n) is 7.95. The Kier molecular flexibility index (Phi) is 7.97. The van der Waals surface area contributed by atoms with Crippen molar-refractivity contribution in [3.63, 3.8) is 0 Å². The van der Waals surface area contributed by atoms with E-state index in [0.717, 1.165) is 0 Å². The van der Waals surface area contributed by atoms with Crippen molar-refractivity contribution in [3.05, 3.63) is 20.9 Å². The molecular formula is C14H30N6OSi. The van der Waals surface area contributed by atoms with Gasteiger partial charge >= 0.3 is 0 Å². The molecule has 0 aliphatic rings. The zero-order valence-electron chi connectivity index (χ0n) is 15.1. The molecule has 0 aromatic rings. The first-order valence-corrected chi connectivity index (χ1v) is 10.1. The molecule has 0 amide bonds. The van der Waals surface area contributed by atoms with Crippen LogP contribution in [-0.2, 0) is 4.43 Å². The normalized spacial score (nSPS) is 16.1. The average Bonchev–Trinajstić information content (AvgIpc) is 2.42. The fraction of sp³-hybridized carbons (Fsp3) is 1.00. The standard InChI is InChI=1S/C14H30N6OSi/c1-9-14(18-20-16,13(8)17-19-15)21-22(10(2)3,11(4)5)12(6)7/h10-13H,9H2,1-8H3. The van der Waals surface area contributed by atoms with Crippen molar-refractivity contribution in [2.24, 2.45) is 10.2 Å². The first-order chi connectivity index (χ1) is 10.1. The van der Waals surface area contributed by atoms with Gasteiger partial charge in [0.2, 0.25) is 8.32 Å². The largest absolute Gasteiger partial charge is 0.404 e. The van der Waals surface area contributed by atoms with Gasteiger partial charge in [0.05, 0.1) is 6.04 Å². The highest BCUT2D eigenvalue weighted by atomic mass is 28.4. The Labute approximate surface area is 134 Å². The predicted octanol–water partition coefficient (Wildman–Crippen LogP) is 6.29. The lowest BCUT2D eigenvalue weighted by atomic mass is 10.1. The Bertz CT molecular complexity index is 432. The molecule has 0 aromatic carbocycles. The maximum atomic E-state index is 9.02. The summed E-state index contributed by atoms with van der Waals surface area (Å²) < 4.78 is 6.67. The molecule has 0 aromatic heterocycles. The highest BCUT2D eigenvalue weighted by Crippen LogP contribution is 2.46. The van der Waals surface area contributed by atoms with E-state index in [9.17, 15) is 0 Å². The molecule has 0 saturated heterocycles. The summed E-state index contributed by atoms with van der Waals surface area (Å²) in [4.78, 5) is 5.86. The summed E-state index contributed by atoms with van der Waals surface area (Å²) in [6.45, 7) is 16.7. The summed E-state index contributed by atoms with van der Waals surface area (Å²) >= 11 is 0. The molecule has 0 aliphatic carbocycles. The van der Waals surface area contributed by atoms with Gasteiger partial charge < -0.3 is 4.43 Å². The second kappa shape index (κ2) is 8.43. The maximum absolute atomic E-state index is 9.02. The number of nitrogens with zero attached hydrogens (tertiary/aromatic N) is 6. The van der Waals surface area contributed by atoms with E-state index in [1.807, 2.05) is 6.92 Å². The Balaban J connectivity index is 6.16. The molecule has 0 aliphatic heterocycles. The number of hydrogen-bond donors (Lipinski definition) is 0. The van der Waals surface area contributed by atoms with Crippen molar-refractivity contribution in [2.75, 3.05) is 0 Å². The molecule has 22 heavy (non-hydrogen) atoms. The molecule has 2 unspecified atom stereocenters. The van der Waals surface area contributed by atoms with Crippen LogP contribution in [0.4, 0.5) is 0 Å². The molecule has 7 nitrogen and oxygen atoms in total. The second-order valence-corrected chi connectivity index (χ2v) is 12.1. The molecule has 126 valence electrons. The van der Waals surface area contributed by atoms with E-state index in [1.54, 1.807) is 6.92 Å². The number of rotatable bonds is 9. The lowest BCUT2D eigenvalue weighted by Crippen LogP contribution is -2.56. The Morgan fingerprint density at radius 1 is 0.955 bits per heavy atom. The van der Waals surface area contributed by atoms with Crippen molar-refractivity contribution < 1.29 is 4.43 Å². The summed E-state index contributed by atoms with van der Waals surface area (Å²) in [6.07, 6.45) is 0.470. The van der Waals surface area contributed by atoms with E-state index in [1.165, 1.54) is 0 Å². The molecule has 8 heteroatoms. The van der Waals surface area contributed by atoms with Gasteiger partial charge in [-0.05, 0) is 34.1 Å². The molecule has 0 fully saturated rings. The summed E-state index contributed by atoms with van der Waals surface area (Å²) in [7, 11) is -2.26. The number of hydrogen-bond acceptors (Lipinski definition) is 3. The summed E-state index contributed by atoms with van der Waals surface area (Å²) in [5, 5.41) is 7.71. The SMILES string of the molecule is CCC(N=[N+]=[N-])(O[Si](C(C)C)(C(C)C)C(C)C)C(C)N=[N+]=[N-]. The highest BCUT2D eigenvalue weighted by Gasteiger charge is 2.51. The average molecular weight is 327 g/mol. The van der Waals surface area contributed by atoms with E-state index < -0.39 is 20.1 Å².